The molecule has 7 nitrogen and oxygen atoms in total. The van der Waals surface area contributed by atoms with Gasteiger partial charge in [0.25, 0.3) is 0 Å². The third-order valence-corrected chi connectivity index (χ3v) is 9.41. The van der Waals surface area contributed by atoms with Crippen molar-refractivity contribution in [3.63, 3.8) is 0 Å². The van der Waals surface area contributed by atoms with Crippen molar-refractivity contribution in [3.8, 4) is 24.1 Å². The number of methoxy groups -OCH3 is 1. The van der Waals surface area contributed by atoms with Crippen molar-refractivity contribution < 1.29 is 22.6 Å². The van der Waals surface area contributed by atoms with E-state index in [1.807, 2.05) is 0 Å². The van der Waals surface area contributed by atoms with Crippen molar-refractivity contribution in [1.82, 2.24) is 20.2 Å². The number of hydrogen-bond acceptors (Lipinski definition) is 7. The molecule has 4 aliphatic heterocycles. The smallest absolute Gasteiger partial charge is 0.319 e. The maximum Gasteiger partial charge on any atom is 0.319 e. The minimum Gasteiger partial charge on any atom is -0.493 e. The van der Waals surface area contributed by atoms with Gasteiger partial charge in [0.2, 0.25) is 0 Å². The number of ether oxygens (including phenoxy) is 2. The van der Waals surface area contributed by atoms with E-state index in [0.717, 1.165) is 32.2 Å². The molecule has 0 amide bonds. The molecule has 214 valence electrons. The number of halogens is 3. The van der Waals surface area contributed by atoms with Crippen LogP contribution < -0.4 is 19.7 Å². The molecule has 0 aliphatic carbocycles. The van der Waals surface area contributed by atoms with Crippen LogP contribution >= 0.6 is 0 Å². The molecule has 2 bridgehead atoms. The second kappa shape index (κ2) is 9.81. The second-order valence-corrected chi connectivity index (χ2v) is 12.2. The maximum absolute atomic E-state index is 16.3. The molecular weight excluding hydrogens is 519 g/mol. The van der Waals surface area contributed by atoms with Crippen molar-refractivity contribution in [2.24, 2.45) is 0 Å². The van der Waals surface area contributed by atoms with Crippen molar-refractivity contribution in [2.75, 3.05) is 44.8 Å². The molecule has 1 N–H and O–H groups in total. The summed E-state index contributed by atoms with van der Waals surface area (Å²) in [7, 11) is 1.35. The van der Waals surface area contributed by atoms with Gasteiger partial charge >= 0.3 is 6.01 Å². The van der Waals surface area contributed by atoms with Gasteiger partial charge in [0, 0.05) is 43.2 Å². The third-order valence-electron chi connectivity index (χ3n) is 9.41. The Balaban J connectivity index is 1.51. The number of rotatable bonds is 6. The van der Waals surface area contributed by atoms with Crippen LogP contribution in [0.3, 0.4) is 0 Å². The van der Waals surface area contributed by atoms with Crippen LogP contribution in [0, 0.1) is 24.0 Å². The number of terminal acetylenes is 1. The van der Waals surface area contributed by atoms with Crippen molar-refractivity contribution >= 4 is 22.3 Å². The first-order valence-electron chi connectivity index (χ1n) is 14.0. The third kappa shape index (κ3) is 4.29. The normalized spacial score (nSPS) is 30.4. The number of fused-ring (bicyclic) bond motifs is 4. The van der Waals surface area contributed by atoms with Crippen LogP contribution in [0.5, 0.6) is 11.8 Å². The van der Waals surface area contributed by atoms with Crippen LogP contribution in [0.4, 0.5) is 19.0 Å². The van der Waals surface area contributed by atoms with Crippen LogP contribution in [-0.2, 0) is 0 Å². The number of anilines is 1. The topological polar surface area (TPSA) is 62.8 Å². The highest BCUT2D eigenvalue weighted by molar-refractivity contribution is 5.98. The molecule has 0 radical (unpaired) electrons. The summed E-state index contributed by atoms with van der Waals surface area (Å²) >= 11 is 0. The summed E-state index contributed by atoms with van der Waals surface area (Å²) in [6.45, 7) is 7.99. The number of alkyl halides is 1. The largest absolute Gasteiger partial charge is 0.493 e. The zero-order valence-electron chi connectivity index (χ0n) is 23.5. The number of nitrogens with zero attached hydrogens (tertiary/aromatic N) is 4. The lowest BCUT2D eigenvalue weighted by atomic mass is 9.95. The molecule has 4 saturated heterocycles. The van der Waals surface area contributed by atoms with Crippen LogP contribution in [-0.4, -0.2) is 78.1 Å². The number of aromatic nitrogens is 2. The lowest BCUT2D eigenvalue weighted by Gasteiger charge is -2.40. The number of nitrogens with one attached hydrogen (secondary N) is 1. The van der Waals surface area contributed by atoms with Gasteiger partial charge in [0.1, 0.15) is 24.1 Å². The molecule has 0 spiro atoms. The zero-order valence-corrected chi connectivity index (χ0v) is 23.5. The first-order chi connectivity index (χ1) is 19.1. The highest BCUT2D eigenvalue weighted by Crippen LogP contribution is 2.44. The van der Waals surface area contributed by atoms with Crippen molar-refractivity contribution in [3.05, 3.63) is 22.8 Å². The minimum atomic E-state index is -0.907. The summed E-state index contributed by atoms with van der Waals surface area (Å²) in [6.07, 6.45) is 8.82. The van der Waals surface area contributed by atoms with E-state index >= 15 is 8.78 Å². The predicted octanol–water partition coefficient (Wildman–Crippen LogP) is 4.63. The fourth-order valence-electron chi connectivity index (χ4n) is 7.30. The predicted molar refractivity (Wildman–Crippen MR) is 148 cm³/mol. The monoisotopic (exact) mass is 555 g/mol. The molecule has 5 heterocycles. The Bertz CT molecular complexity index is 1440. The van der Waals surface area contributed by atoms with Crippen LogP contribution in [0.1, 0.15) is 58.4 Å². The van der Waals surface area contributed by atoms with Gasteiger partial charge in [-0.25, -0.2) is 13.2 Å². The number of piperazine rings is 1. The molecule has 4 aliphatic rings. The van der Waals surface area contributed by atoms with Crippen molar-refractivity contribution in [2.45, 2.75) is 76.2 Å². The van der Waals surface area contributed by atoms with E-state index in [-0.39, 0.29) is 52.0 Å². The molecular formula is C30H36F3N5O2. The number of benzene rings is 1. The average Bonchev–Trinajstić information content (AvgIpc) is 3.55. The van der Waals surface area contributed by atoms with Gasteiger partial charge in [-0.3, -0.25) is 4.90 Å². The van der Waals surface area contributed by atoms with Gasteiger partial charge in [-0.1, -0.05) is 5.92 Å². The summed E-state index contributed by atoms with van der Waals surface area (Å²) in [5, 5.41) is 3.81. The summed E-state index contributed by atoms with van der Waals surface area (Å²) in [6, 6.07) is 0.207. The molecule has 4 atom stereocenters. The lowest BCUT2D eigenvalue weighted by molar-refractivity contribution is 0.107. The Morgan fingerprint density at radius 2 is 2.00 bits per heavy atom. The second-order valence-electron chi connectivity index (χ2n) is 12.2. The average molecular weight is 556 g/mol. The van der Waals surface area contributed by atoms with E-state index in [4.69, 9.17) is 20.9 Å². The fraction of sp³-hybridized carbons (Fsp3) is 0.600. The van der Waals surface area contributed by atoms with Crippen LogP contribution in [0.15, 0.2) is 5.57 Å². The molecule has 1 aromatic carbocycles. The van der Waals surface area contributed by atoms with E-state index in [1.165, 1.54) is 7.11 Å². The summed E-state index contributed by atoms with van der Waals surface area (Å²) in [4.78, 5) is 13.4. The van der Waals surface area contributed by atoms with Gasteiger partial charge in [-0.2, -0.15) is 9.97 Å². The van der Waals surface area contributed by atoms with Gasteiger partial charge in [-0.15, -0.1) is 6.42 Å². The molecule has 2 unspecified atom stereocenters. The molecule has 0 saturated carbocycles. The van der Waals surface area contributed by atoms with Gasteiger partial charge < -0.3 is 19.7 Å². The van der Waals surface area contributed by atoms with Gasteiger partial charge in [0.15, 0.2) is 17.4 Å². The molecule has 40 heavy (non-hydrogen) atoms. The Labute approximate surface area is 233 Å². The Hall–Kier alpha value is -3.03. The van der Waals surface area contributed by atoms with E-state index in [0.29, 0.717) is 37.4 Å². The maximum atomic E-state index is 16.3. The zero-order chi connectivity index (χ0) is 28.4. The Morgan fingerprint density at radius 3 is 2.73 bits per heavy atom. The van der Waals surface area contributed by atoms with E-state index in [9.17, 15) is 4.39 Å². The fourth-order valence-corrected chi connectivity index (χ4v) is 7.30. The molecule has 6 rings (SSSR count). The highest BCUT2D eigenvalue weighted by atomic mass is 19.1. The first kappa shape index (κ1) is 27.2. The van der Waals surface area contributed by atoms with Crippen LogP contribution in [0.2, 0.25) is 0 Å². The minimum absolute atomic E-state index is 0.0177. The van der Waals surface area contributed by atoms with E-state index < -0.39 is 23.3 Å². The van der Waals surface area contributed by atoms with Gasteiger partial charge in [0.05, 0.1) is 23.6 Å². The summed E-state index contributed by atoms with van der Waals surface area (Å²) in [5.41, 5.74) is -0.263. The molecule has 2 aromatic rings. The molecule has 4 fully saturated rings. The van der Waals surface area contributed by atoms with Gasteiger partial charge in [-0.05, 0) is 58.6 Å². The highest BCUT2D eigenvalue weighted by Gasteiger charge is 2.49. The molecule has 10 heteroatoms. The van der Waals surface area contributed by atoms with E-state index in [2.05, 4.69) is 32.9 Å². The summed E-state index contributed by atoms with van der Waals surface area (Å²) in [5.74, 6) is 1.02. The quantitative estimate of drug-likeness (QED) is 0.522. The van der Waals surface area contributed by atoms with Crippen LogP contribution in [0.25, 0.3) is 16.5 Å². The standard InChI is InChI=1S/C30H36F3N5O2/c1-6-17(2)18(3)21-23(32)25-22(26(39-5)24(21)33)27(37-14-20-8-10-29(4,15-37)36-20)35-28(34-25)40-16-30-9-7-11-38(30)13-19(31)12-30/h1,19-20,36H,7-16H2,2-5H3/b18-17-/t19-,20?,29?,30+/m1/s1. The Morgan fingerprint density at radius 1 is 1.20 bits per heavy atom. The molecule has 1 aromatic heterocycles. The SMILES string of the molecule is C#C/C(C)=C(/C)c1c(F)c(OC)c2c(N3CC4CCC(C)(C3)N4)nc(OC[C@@]34CCCN3C[C@H](F)C4)nc2c1F. The first-order valence-corrected chi connectivity index (χ1v) is 14.0. The lowest BCUT2D eigenvalue weighted by Crippen LogP contribution is -2.58. The number of allylic oxidation sites excluding steroid dienone is 2. The number of hydrogen-bond donors (Lipinski definition) is 1. The van der Waals surface area contributed by atoms with Crippen molar-refractivity contribution in [1.29, 1.82) is 0 Å². The Kier molecular flexibility index (Phi) is 6.66. The summed E-state index contributed by atoms with van der Waals surface area (Å²) < 4.78 is 58.5. The van der Waals surface area contributed by atoms with E-state index in [1.54, 1.807) is 13.8 Å².